The first kappa shape index (κ1) is 18.7. The van der Waals surface area contributed by atoms with Gasteiger partial charge in [0.15, 0.2) is 11.5 Å². The minimum Gasteiger partial charge on any atom is -0.454 e. The van der Waals surface area contributed by atoms with Crippen LogP contribution in [0, 0.1) is 6.92 Å². The Hall–Kier alpha value is -2.60. The molecule has 3 heterocycles. The van der Waals surface area contributed by atoms with Crippen molar-refractivity contribution >= 4 is 50.4 Å². The zero-order chi connectivity index (χ0) is 20.1. The van der Waals surface area contributed by atoms with Gasteiger partial charge in [-0.15, -0.1) is 11.3 Å². The van der Waals surface area contributed by atoms with Gasteiger partial charge in [-0.3, -0.25) is 4.79 Å². The number of carbonyl (C=O) groups excluding carboxylic acids is 1. The summed E-state index contributed by atoms with van der Waals surface area (Å²) in [7, 11) is -4.11. The number of hydrogen-bond acceptors (Lipinski definition) is 8. The molecule has 0 radical (unpaired) electrons. The summed E-state index contributed by atoms with van der Waals surface area (Å²) in [6.45, 7) is 1.66. The molecule has 0 saturated heterocycles. The fraction of sp³-hybridized carbons (Fsp3) is 0.125. The number of fused-ring (bicyclic) bond motifs is 1. The molecular formula is C16H12ClN3O6S2. The lowest BCUT2D eigenvalue weighted by Crippen LogP contribution is -2.27. The van der Waals surface area contributed by atoms with Gasteiger partial charge in [0.25, 0.3) is 11.8 Å². The van der Waals surface area contributed by atoms with Gasteiger partial charge in [-0.1, -0.05) is 16.8 Å². The second kappa shape index (κ2) is 6.78. The predicted octanol–water partition coefficient (Wildman–Crippen LogP) is 3.05. The summed E-state index contributed by atoms with van der Waals surface area (Å²) in [6.07, 6.45) is 0. The number of carbonyl (C=O) groups is 1. The zero-order valence-corrected chi connectivity index (χ0v) is 16.6. The van der Waals surface area contributed by atoms with Crippen molar-refractivity contribution in [2.75, 3.05) is 11.7 Å². The molecule has 2 N–H and O–H groups in total. The van der Waals surface area contributed by atoms with Crippen LogP contribution in [0.15, 0.2) is 39.1 Å². The summed E-state index contributed by atoms with van der Waals surface area (Å²) in [6, 6.07) is 6.02. The van der Waals surface area contributed by atoms with Crippen molar-refractivity contribution in [2.24, 2.45) is 5.14 Å². The highest BCUT2D eigenvalue weighted by Gasteiger charge is 2.32. The number of anilines is 2. The van der Waals surface area contributed by atoms with Gasteiger partial charge in [0.05, 0.1) is 5.69 Å². The second-order valence-electron chi connectivity index (χ2n) is 5.72. The maximum atomic E-state index is 13.3. The Morgan fingerprint density at radius 1 is 1.29 bits per heavy atom. The summed E-state index contributed by atoms with van der Waals surface area (Å²) >= 11 is 7.19. The van der Waals surface area contributed by atoms with Crippen LogP contribution in [-0.4, -0.2) is 26.3 Å². The predicted molar refractivity (Wildman–Crippen MR) is 101 cm³/mol. The minimum atomic E-state index is -4.11. The number of sulfonamides is 1. The molecule has 1 aliphatic rings. The Labute approximate surface area is 168 Å². The molecular weight excluding hydrogens is 430 g/mol. The van der Waals surface area contributed by atoms with E-state index in [0.717, 1.165) is 16.2 Å². The molecule has 0 spiro atoms. The molecule has 28 heavy (non-hydrogen) atoms. The van der Waals surface area contributed by atoms with Crippen molar-refractivity contribution < 1.29 is 27.2 Å². The van der Waals surface area contributed by atoms with Gasteiger partial charge in [0.2, 0.25) is 16.8 Å². The van der Waals surface area contributed by atoms with Crippen LogP contribution in [0.3, 0.4) is 0 Å². The van der Waals surface area contributed by atoms with Gasteiger partial charge in [-0.25, -0.2) is 18.5 Å². The molecule has 2 aromatic heterocycles. The number of aryl methyl sites for hydroxylation is 1. The molecule has 3 aromatic rings. The number of aromatic nitrogens is 1. The Kier molecular flexibility index (Phi) is 4.54. The first-order chi connectivity index (χ1) is 13.3. The van der Waals surface area contributed by atoms with Gasteiger partial charge in [-0.2, -0.15) is 0 Å². The number of nitrogens with two attached hydrogens (primary N) is 1. The largest absolute Gasteiger partial charge is 0.454 e. The number of primary sulfonamides is 1. The number of nitrogens with zero attached hydrogens (tertiary/aromatic N) is 2. The van der Waals surface area contributed by atoms with E-state index < -0.39 is 15.9 Å². The van der Waals surface area contributed by atoms with Crippen molar-refractivity contribution in [2.45, 2.75) is 11.8 Å². The lowest BCUT2D eigenvalue weighted by atomic mass is 10.2. The molecule has 0 atom stereocenters. The molecule has 146 valence electrons. The van der Waals surface area contributed by atoms with E-state index in [1.54, 1.807) is 25.1 Å². The van der Waals surface area contributed by atoms with Crippen LogP contribution in [0.2, 0.25) is 5.02 Å². The molecule has 0 aliphatic carbocycles. The van der Waals surface area contributed by atoms with Gasteiger partial charge in [0.1, 0.15) is 20.5 Å². The molecule has 0 fully saturated rings. The number of hydrogen-bond donors (Lipinski definition) is 1. The van der Waals surface area contributed by atoms with Crippen LogP contribution < -0.4 is 19.5 Å². The van der Waals surface area contributed by atoms with Crippen LogP contribution in [-0.2, 0) is 10.0 Å². The number of thiophene rings is 1. The lowest BCUT2D eigenvalue weighted by molar-refractivity contribution is 0.0995. The normalized spacial score (nSPS) is 13.0. The molecule has 1 amide bonds. The van der Waals surface area contributed by atoms with Crippen molar-refractivity contribution in [1.82, 2.24) is 5.16 Å². The quantitative estimate of drug-likeness (QED) is 0.659. The summed E-state index contributed by atoms with van der Waals surface area (Å²) in [5.41, 5.74) is 0.689. The van der Waals surface area contributed by atoms with E-state index in [2.05, 4.69) is 5.16 Å². The number of ether oxygens (including phenoxy) is 2. The molecule has 9 nitrogen and oxygen atoms in total. The van der Waals surface area contributed by atoms with E-state index in [1.807, 2.05) is 0 Å². The monoisotopic (exact) mass is 441 g/mol. The Morgan fingerprint density at radius 2 is 2.04 bits per heavy atom. The average molecular weight is 442 g/mol. The smallest absolute Gasteiger partial charge is 0.276 e. The summed E-state index contributed by atoms with van der Waals surface area (Å²) in [5.74, 6) is 0.172. The standard InChI is InChI=1S/C16H12ClN3O6S2/c1-8-13(17)16(26-19-8)20(9-2-3-10-11(6-9)25-7-24-10)15(21)14-12(4-5-27-14)28(18,22)23/h2-6H,7H2,1H3,(H2,18,22,23). The number of benzene rings is 1. The SMILES string of the molecule is Cc1noc(N(C(=O)c2sccc2S(N)(=O)=O)c2ccc3c(c2)OCO3)c1Cl. The van der Waals surface area contributed by atoms with E-state index in [1.165, 1.54) is 11.4 Å². The Bertz CT molecular complexity index is 1190. The molecule has 4 rings (SSSR count). The van der Waals surface area contributed by atoms with Crippen LogP contribution in [0.1, 0.15) is 15.4 Å². The van der Waals surface area contributed by atoms with Crippen LogP contribution in [0.4, 0.5) is 11.6 Å². The van der Waals surface area contributed by atoms with Gasteiger partial charge in [0, 0.05) is 6.07 Å². The maximum absolute atomic E-state index is 13.3. The fourth-order valence-electron chi connectivity index (χ4n) is 2.62. The number of amides is 1. The fourth-order valence-corrected chi connectivity index (χ4v) is 4.67. The Balaban J connectivity index is 1.88. The molecule has 1 aliphatic heterocycles. The molecule has 0 saturated carbocycles. The van der Waals surface area contributed by atoms with Crippen LogP contribution in [0.25, 0.3) is 0 Å². The summed E-state index contributed by atoms with van der Waals surface area (Å²) < 4.78 is 39.6. The third kappa shape index (κ3) is 3.11. The molecule has 12 heteroatoms. The molecule has 1 aromatic carbocycles. The third-order valence-corrected chi connectivity index (χ3v) is 6.34. The van der Waals surface area contributed by atoms with Gasteiger partial charge in [-0.05, 0) is 30.5 Å². The zero-order valence-electron chi connectivity index (χ0n) is 14.2. The van der Waals surface area contributed by atoms with Crippen molar-refractivity contribution in [1.29, 1.82) is 0 Å². The van der Waals surface area contributed by atoms with E-state index in [4.69, 9.17) is 30.7 Å². The van der Waals surface area contributed by atoms with Crippen LogP contribution in [0.5, 0.6) is 11.5 Å². The summed E-state index contributed by atoms with van der Waals surface area (Å²) in [5, 5.41) is 10.6. The van der Waals surface area contributed by atoms with E-state index >= 15 is 0 Å². The van der Waals surface area contributed by atoms with E-state index in [9.17, 15) is 13.2 Å². The molecule has 0 bridgehead atoms. The highest BCUT2D eigenvalue weighted by atomic mass is 35.5. The van der Waals surface area contributed by atoms with Crippen molar-refractivity contribution in [3.05, 3.63) is 45.2 Å². The Morgan fingerprint density at radius 3 is 2.71 bits per heavy atom. The highest BCUT2D eigenvalue weighted by molar-refractivity contribution is 7.89. The van der Waals surface area contributed by atoms with E-state index in [0.29, 0.717) is 22.9 Å². The van der Waals surface area contributed by atoms with Crippen molar-refractivity contribution in [3.63, 3.8) is 0 Å². The molecule has 0 unspecified atom stereocenters. The average Bonchev–Trinajstić information content (AvgIpc) is 3.37. The highest BCUT2D eigenvalue weighted by Crippen LogP contribution is 2.41. The van der Waals surface area contributed by atoms with Gasteiger partial charge < -0.3 is 14.0 Å². The lowest BCUT2D eigenvalue weighted by Gasteiger charge is -2.20. The maximum Gasteiger partial charge on any atom is 0.276 e. The van der Waals surface area contributed by atoms with Crippen LogP contribution >= 0.6 is 22.9 Å². The van der Waals surface area contributed by atoms with Crippen molar-refractivity contribution in [3.8, 4) is 11.5 Å². The van der Waals surface area contributed by atoms with Gasteiger partial charge >= 0.3 is 0 Å². The summed E-state index contributed by atoms with van der Waals surface area (Å²) in [4.78, 5) is 14.1. The minimum absolute atomic E-state index is 0.0510. The number of rotatable bonds is 4. The number of halogens is 1. The first-order valence-corrected chi connectivity index (χ1v) is 10.5. The topological polar surface area (TPSA) is 125 Å². The van der Waals surface area contributed by atoms with E-state index in [-0.39, 0.29) is 27.5 Å². The third-order valence-electron chi connectivity index (χ3n) is 3.92. The first-order valence-electron chi connectivity index (χ1n) is 7.73. The second-order valence-corrected chi connectivity index (χ2v) is 8.55.